The lowest BCUT2D eigenvalue weighted by Crippen LogP contribution is -2.32. The summed E-state index contributed by atoms with van der Waals surface area (Å²) in [7, 11) is 0. The van der Waals surface area contributed by atoms with Crippen molar-refractivity contribution in [1.82, 2.24) is 5.32 Å². The maximum absolute atomic E-state index is 11.2. The van der Waals surface area contributed by atoms with Crippen LogP contribution in [0.2, 0.25) is 0 Å². The highest BCUT2D eigenvalue weighted by Gasteiger charge is 2.24. The molecule has 0 aromatic heterocycles. The predicted octanol–water partition coefficient (Wildman–Crippen LogP) is 1.86. The van der Waals surface area contributed by atoms with E-state index in [9.17, 15) is 4.79 Å². The van der Waals surface area contributed by atoms with Gasteiger partial charge in [-0.1, -0.05) is 19.8 Å². The van der Waals surface area contributed by atoms with Crippen LogP contribution in [0.1, 0.15) is 39.0 Å². The van der Waals surface area contributed by atoms with Crippen molar-refractivity contribution < 1.29 is 4.79 Å². The number of amides is 1. The quantitative estimate of drug-likeness (QED) is 0.615. The molecule has 2 nitrogen and oxygen atoms in total. The molecule has 2 heteroatoms. The fraction of sp³-hybridized carbons (Fsp3) is 0.778. The molecular weight excluding hydrogens is 138 g/mol. The van der Waals surface area contributed by atoms with Gasteiger partial charge in [0.25, 0.3) is 0 Å². The van der Waals surface area contributed by atoms with Gasteiger partial charge >= 0.3 is 0 Å². The summed E-state index contributed by atoms with van der Waals surface area (Å²) in [5.74, 6) is 0.549. The summed E-state index contributed by atoms with van der Waals surface area (Å²) in [5.41, 5.74) is 0. The first kappa shape index (κ1) is 8.57. The standard InChI is InChI=1S/C9H16NO/c1-2-3-7-10-9(11)8-5-4-6-8/h7-8H,2-6H2,1H3,(H,10,11). The number of hydrogen-bond acceptors (Lipinski definition) is 1. The maximum Gasteiger partial charge on any atom is 0.223 e. The lowest BCUT2D eigenvalue weighted by Gasteiger charge is -2.23. The van der Waals surface area contributed by atoms with Crippen LogP contribution in [-0.2, 0) is 4.79 Å². The largest absolute Gasteiger partial charge is 0.351 e. The van der Waals surface area contributed by atoms with E-state index in [4.69, 9.17) is 0 Å². The third-order valence-corrected chi connectivity index (χ3v) is 2.15. The zero-order valence-electron chi connectivity index (χ0n) is 7.10. The lowest BCUT2D eigenvalue weighted by molar-refractivity contribution is -0.126. The molecule has 0 saturated heterocycles. The average Bonchev–Trinajstić information content (AvgIpc) is 1.84. The van der Waals surface area contributed by atoms with E-state index in [-0.39, 0.29) is 5.91 Å². The second-order valence-electron chi connectivity index (χ2n) is 3.13. The Morgan fingerprint density at radius 3 is 2.82 bits per heavy atom. The predicted molar refractivity (Wildman–Crippen MR) is 44.7 cm³/mol. The van der Waals surface area contributed by atoms with Crippen molar-refractivity contribution in [1.29, 1.82) is 0 Å². The van der Waals surface area contributed by atoms with Gasteiger partial charge in [-0.3, -0.25) is 4.79 Å². The molecule has 0 bridgehead atoms. The number of rotatable bonds is 4. The molecule has 0 atom stereocenters. The Labute approximate surface area is 68.4 Å². The van der Waals surface area contributed by atoms with E-state index in [1.807, 2.05) is 6.54 Å². The first-order valence-corrected chi connectivity index (χ1v) is 4.46. The molecule has 11 heavy (non-hydrogen) atoms. The normalized spacial score (nSPS) is 17.5. The first-order valence-electron chi connectivity index (χ1n) is 4.46. The Morgan fingerprint density at radius 1 is 1.64 bits per heavy atom. The zero-order chi connectivity index (χ0) is 8.10. The minimum Gasteiger partial charge on any atom is -0.351 e. The van der Waals surface area contributed by atoms with Crippen molar-refractivity contribution in [3.8, 4) is 0 Å². The van der Waals surface area contributed by atoms with Gasteiger partial charge in [-0.15, -0.1) is 0 Å². The van der Waals surface area contributed by atoms with E-state index >= 15 is 0 Å². The van der Waals surface area contributed by atoms with Gasteiger partial charge in [0, 0.05) is 12.5 Å². The van der Waals surface area contributed by atoms with Crippen LogP contribution in [0.25, 0.3) is 0 Å². The molecule has 0 aromatic carbocycles. The van der Waals surface area contributed by atoms with E-state index < -0.39 is 0 Å². The Kier molecular flexibility index (Phi) is 3.40. The molecule has 0 aliphatic heterocycles. The Morgan fingerprint density at radius 2 is 2.36 bits per heavy atom. The molecule has 63 valence electrons. The Balaban J connectivity index is 2.01. The molecule has 1 amide bonds. The maximum atomic E-state index is 11.2. The molecule has 1 fully saturated rings. The van der Waals surface area contributed by atoms with Crippen molar-refractivity contribution in [2.75, 3.05) is 0 Å². The highest BCUT2D eigenvalue weighted by molar-refractivity contribution is 5.79. The summed E-state index contributed by atoms with van der Waals surface area (Å²) in [6.45, 7) is 3.98. The van der Waals surface area contributed by atoms with Crippen molar-refractivity contribution >= 4 is 5.91 Å². The smallest absolute Gasteiger partial charge is 0.223 e. The first-order chi connectivity index (χ1) is 5.34. The SMILES string of the molecule is CCC[CH]NC(=O)C1CCC1. The van der Waals surface area contributed by atoms with E-state index in [0.29, 0.717) is 5.92 Å². The zero-order valence-corrected chi connectivity index (χ0v) is 7.10. The molecule has 1 rings (SSSR count). The van der Waals surface area contributed by atoms with Crippen LogP contribution in [0.5, 0.6) is 0 Å². The lowest BCUT2D eigenvalue weighted by atomic mass is 9.85. The van der Waals surface area contributed by atoms with Crippen LogP contribution in [0.3, 0.4) is 0 Å². The van der Waals surface area contributed by atoms with E-state index in [2.05, 4.69) is 12.2 Å². The number of carbonyl (C=O) groups excluding carboxylic acids is 1. The molecule has 1 saturated carbocycles. The molecule has 1 N–H and O–H groups in total. The molecule has 1 aliphatic rings. The minimum atomic E-state index is 0.227. The summed E-state index contributed by atoms with van der Waals surface area (Å²) >= 11 is 0. The van der Waals surface area contributed by atoms with Gasteiger partial charge in [0.15, 0.2) is 0 Å². The van der Waals surface area contributed by atoms with Gasteiger partial charge in [0.1, 0.15) is 0 Å². The fourth-order valence-corrected chi connectivity index (χ4v) is 1.11. The molecule has 1 radical (unpaired) electrons. The van der Waals surface area contributed by atoms with Crippen LogP contribution in [0, 0.1) is 12.5 Å². The van der Waals surface area contributed by atoms with Crippen LogP contribution in [-0.4, -0.2) is 5.91 Å². The van der Waals surface area contributed by atoms with E-state index in [1.165, 1.54) is 6.42 Å². The molecule has 0 aromatic rings. The van der Waals surface area contributed by atoms with Gasteiger partial charge in [-0.05, 0) is 19.3 Å². The van der Waals surface area contributed by atoms with Crippen molar-refractivity contribution in [3.05, 3.63) is 6.54 Å². The third kappa shape index (κ3) is 2.52. The van der Waals surface area contributed by atoms with Crippen LogP contribution in [0.15, 0.2) is 0 Å². The summed E-state index contributed by atoms with van der Waals surface area (Å²) < 4.78 is 0. The number of hydrogen-bond donors (Lipinski definition) is 1. The number of nitrogens with one attached hydrogen (secondary N) is 1. The van der Waals surface area contributed by atoms with Crippen LogP contribution < -0.4 is 5.32 Å². The summed E-state index contributed by atoms with van der Waals surface area (Å²) in [4.78, 5) is 11.2. The molecule has 1 aliphatic carbocycles. The summed E-state index contributed by atoms with van der Waals surface area (Å²) in [6.07, 6.45) is 5.49. The van der Waals surface area contributed by atoms with Gasteiger partial charge in [-0.25, -0.2) is 0 Å². The third-order valence-electron chi connectivity index (χ3n) is 2.15. The second kappa shape index (κ2) is 4.37. The van der Waals surface area contributed by atoms with Crippen molar-refractivity contribution in [2.45, 2.75) is 39.0 Å². The highest BCUT2D eigenvalue weighted by atomic mass is 16.1. The van der Waals surface area contributed by atoms with Crippen molar-refractivity contribution in [2.24, 2.45) is 5.92 Å². The molecule has 0 unspecified atom stereocenters. The highest BCUT2D eigenvalue weighted by Crippen LogP contribution is 2.26. The topological polar surface area (TPSA) is 29.1 Å². The van der Waals surface area contributed by atoms with Gasteiger partial charge in [0.2, 0.25) is 5.91 Å². The summed E-state index contributed by atoms with van der Waals surface area (Å²) in [5, 5.41) is 2.82. The number of unbranched alkanes of at least 4 members (excludes halogenated alkanes) is 1. The molecule has 0 heterocycles. The van der Waals surface area contributed by atoms with Gasteiger partial charge < -0.3 is 5.32 Å². The fourth-order valence-electron chi connectivity index (χ4n) is 1.11. The van der Waals surface area contributed by atoms with E-state index in [0.717, 1.165) is 25.7 Å². The Bertz CT molecular complexity index is 130. The van der Waals surface area contributed by atoms with E-state index in [1.54, 1.807) is 0 Å². The second-order valence-corrected chi connectivity index (χ2v) is 3.13. The average molecular weight is 154 g/mol. The molecule has 0 spiro atoms. The Hall–Kier alpha value is -0.530. The van der Waals surface area contributed by atoms with Gasteiger partial charge in [-0.2, -0.15) is 0 Å². The minimum absolute atomic E-state index is 0.227. The summed E-state index contributed by atoms with van der Waals surface area (Å²) in [6, 6.07) is 0. The molecular formula is C9H16NO. The van der Waals surface area contributed by atoms with Crippen LogP contribution in [0.4, 0.5) is 0 Å². The number of carbonyl (C=O) groups is 1. The van der Waals surface area contributed by atoms with Gasteiger partial charge in [0.05, 0.1) is 0 Å². The van der Waals surface area contributed by atoms with Crippen molar-refractivity contribution in [3.63, 3.8) is 0 Å². The monoisotopic (exact) mass is 154 g/mol. The van der Waals surface area contributed by atoms with Crippen LogP contribution >= 0.6 is 0 Å².